The van der Waals surface area contributed by atoms with Gasteiger partial charge in [-0.25, -0.2) is 0 Å². The molecule has 150 valence electrons. The minimum atomic E-state index is -0.938. The van der Waals surface area contributed by atoms with Crippen LogP contribution in [0.5, 0.6) is 5.75 Å². The molecule has 0 bridgehead atoms. The predicted molar refractivity (Wildman–Crippen MR) is 106 cm³/mol. The first kappa shape index (κ1) is 21.4. The van der Waals surface area contributed by atoms with E-state index in [-0.39, 0.29) is 19.1 Å². The van der Waals surface area contributed by atoms with Crippen molar-refractivity contribution in [3.63, 3.8) is 0 Å². The quantitative estimate of drug-likeness (QED) is 0.657. The van der Waals surface area contributed by atoms with E-state index in [9.17, 15) is 14.7 Å². The van der Waals surface area contributed by atoms with Crippen molar-refractivity contribution < 1.29 is 24.2 Å². The third kappa shape index (κ3) is 6.70. The van der Waals surface area contributed by atoms with Crippen molar-refractivity contribution in [3.8, 4) is 5.75 Å². The van der Waals surface area contributed by atoms with Crippen molar-refractivity contribution in [3.05, 3.63) is 65.2 Å². The third-order valence-corrected chi connectivity index (χ3v) is 4.44. The van der Waals surface area contributed by atoms with Crippen molar-refractivity contribution >= 4 is 11.9 Å². The van der Waals surface area contributed by atoms with Gasteiger partial charge in [-0.05, 0) is 43.5 Å². The zero-order chi connectivity index (χ0) is 20.5. The Bertz CT molecular complexity index is 805. The number of methoxy groups -OCH3 is 1. The monoisotopic (exact) mass is 385 g/mol. The number of aliphatic carboxylic acids is 1. The topological polar surface area (TPSA) is 84.9 Å². The fourth-order valence-electron chi connectivity index (χ4n) is 2.80. The molecule has 2 atom stereocenters. The van der Waals surface area contributed by atoms with Crippen molar-refractivity contribution in [1.82, 2.24) is 5.32 Å². The van der Waals surface area contributed by atoms with Gasteiger partial charge in [-0.1, -0.05) is 42.0 Å². The van der Waals surface area contributed by atoms with E-state index in [0.29, 0.717) is 6.42 Å². The highest BCUT2D eigenvalue weighted by molar-refractivity contribution is 5.81. The molecule has 0 aliphatic rings. The summed E-state index contributed by atoms with van der Waals surface area (Å²) in [6.07, 6.45) is -0.337. The van der Waals surface area contributed by atoms with Gasteiger partial charge in [-0.3, -0.25) is 9.59 Å². The number of hydrogen-bond acceptors (Lipinski definition) is 4. The fourth-order valence-corrected chi connectivity index (χ4v) is 2.80. The SMILES string of the molecule is COc1cccc(COC(C)C(=O)NCC(Cc2cccc(C)c2)C(=O)O)c1. The van der Waals surface area contributed by atoms with Crippen LogP contribution in [0.3, 0.4) is 0 Å². The number of carboxylic acid groups (broad SMARTS) is 1. The lowest BCUT2D eigenvalue weighted by Gasteiger charge is -2.17. The van der Waals surface area contributed by atoms with Gasteiger partial charge in [0.2, 0.25) is 5.91 Å². The Morgan fingerprint density at radius 1 is 1.11 bits per heavy atom. The number of benzene rings is 2. The molecule has 0 spiro atoms. The minimum Gasteiger partial charge on any atom is -0.497 e. The Hall–Kier alpha value is -2.86. The molecule has 2 rings (SSSR count). The van der Waals surface area contributed by atoms with E-state index in [1.807, 2.05) is 55.5 Å². The molecule has 2 aromatic carbocycles. The Morgan fingerprint density at radius 3 is 2.50 bits per heavy atom. The lowest BCUT2D eigenvalue weighted by Crippen LogP contribution is -2.39. The average Bonchev–Trinajstić information content (AvgIpc) is 2.69. The molecule has 0 heterocycles. The number of ether oxygens (including phenoxy) is 2. The molecule has 0 fully saturated rings. The largest absolute Gasteiger partial charge is 0.497 e. The van der Waals surface area contributed by atoms with Crippen LogP contribution in [0.4, 0.5) is 0 Å². The molecule has 0 aromatic heterocycles. The van der Waals surface area contributed by atoms with Crippen LogP contribution in [0, 0.1) is 12.8 Å². The van der Waals surface area contributed by atoms with Crippen LogP contribution in [0.15, 0.2) is 48.5 Å². The number of rotatable bonds is 10. The molecular formula is C22H27NO5. The summed E-state index contributed by atoms with van der Waals surface area (Å²) in [5.41, 5.74) is 2.90. The second-order valence-electron chi connectivity index (χ2n) is 6.78. The zero-order valence-electron chi connectivity index (χ0n) is 16.5. The number of aryl methyl sites for hydroxylation is 1. The molecule has 28 heavy (non-hydrogen) atoms. The van der Waals surface area contributed by atoms with E-state index < -0.39 is 18.0 Å². The molecular weight excluding hydrogens is 358 g/mol. The molecule has 6 heteroatoms. The molecule has 2 unspecified atom stereocenters. The highest BCUT2D eigenvalue weighted by atomic mass is 16.5. The Kier molecular flexibility index (Phi) is 8.02. The number of carboxylic acids is 1. The average molecular weight is 385 g/mol. The Balaban J connectivity index is 1.84. The normalized spacial score (nSPS) is 12.8. The van der Waals surface area contributed by atoms with E-state index in [2.05, 4.69) is 5.32 Å². The van der Waals surface area contributed by atoms with Crippen molar-refractivity contribution in [2.24, 2.45) is 5.92 Å². The minimum absolute atomic E-state index is 0.0506. The summed E-state index contributed by atoms with van der Waals surface area (Å²) in [7, 11) is 1.59. The number of amides is 1. The van der Waals surface area contributed by atoms with E-state index in [1.54, 1.807) is 14.0 Å². The van der Waals surface area contributed by atoms with Gasteiger partial charge < -0.3 is 19.9 Å². The van der Waals surface area contributed by atoms with Gasteiger partial charge in [0.05, 0.1) is 19.6 Å². The van der Waals surface area contributed by atoms with Crippen molar-refractivity contribution in [1.29, 1.82) is 0 Å². The lowest BCUT2D eigenvalue weighted by molar-refractivity contribution is -0.142. The van der Waals surface area contributed by atoms with E-state index in [0.717, 1.165) is 22.4 Å². The number of hydrogen-bond donors (Lipinski definition) is 2. The highest BCUT2D eigenvalue weighted by Gasteiger charge is 2.21. The van der Waals surface area contributed by atoms with Gasteiger partial charge in [-0.2, -0.15) is 0 Å². The Morgan fingerprint density at radius 2 is 1.82 bits per heavy atom. The smallest absolute Gasteiger partial charge is 0.308 e. The summed E-state index contributed by atoms with van der Waals surface area (Å²) in [4.78, 5) is 23.8. The highest BCUT2D eigenvalue weighted by Crippen LogP contribution is 2.14. The van der Waals surface area contributed by atoms with E-state index >= 15 is 0 Å². The first-order valence-electron chi connectivity index (χ1n) is 9.19. The second-order valence-corrected chi connectivity index (χ2v) is 6.78. The van der Waals surface area contributed by atoms with E-state index in [1.165, 1.54) is 0 Å². The molecule has 0 saturated heterocycles. The molecule has 0 aliphatic carbocycles. The summed E-state index contributed by atoms with van der Waals surface area (Å²) in [5, 5.41) is 12.2. The van der Waals surface area contributed by atoms with Crippen molar-refractivity contribution in [2.45, 2.75) is 33.0 Å². The first-order chi connectivity index (χ1) is 13.4. The molecule has 2 N–H and O–H groups in total. The van der Waals surface area contributed by atoms with Crippen LogP contribution >= 0.6 is 0 Å². The maximum absolute atomic E-state index is 12.3. The molecule has 1 amide bonds. The summed E-state index contributed by atoms with van der Waals surface area (Å²) < 4.78 is 10.8. The summed E-state index contributed by atoms with van der Waals surface area (Å²) in [6.45, 7) is 3.92. The van der Waals surface area contributed by atoms with E-state index in [4.69, 9.17) is 9.47 Å². The zero-order valence-corrected chi connectivity index (χ0v) is 16.5. The molecule has 0 radical (unpaired) electrons. The summed E-state index contributed by atoms with van der Waals surface area (Å²) >= 11 is 0. The van der Waals surface area contributed by atoms with Crippen LogP contribution < -0.4 is 10.1 Å². The summed E-state index contributed by atoms with van der Waals surface area (Å²) in [5.74, 6) is -1.25. The van der Waals surface area contributed by atoms with Gasteiger partial charge in [-0.15, -0.1) is 0 Å². The molecule has 6 nitrogen and oxygen atoms in total. The third-order valence-electron chi connectivity index (χ3n) is 4.44. The molecule has 0 saturated carbocycles. The number of carbonyl (C=O) groups is 2. The van der Waals surface area contributed by atoms with Crippen LogP contribution in [-0.4, -0.2) is 36.7 Å². The fraction of sp³-hybridized carbons (Fsp3) is 0.364. The molecule has 0 aliphatic heterocycles. The van der Waals surface area contributed by atoms with Gasteiger partial charge >= 0.3 is 5.97 Å². The maximum atomic E-state index is 12.3. The van der Waals surface area contributed by atoms with Gasteiger partial charge in [0, 0.05) is 6.54 Å². The first-order valence-corrected chi connectivity index (χ1v) is 9.19. The van der Waals surface area contributed by atoms with Gasteiger partial charge in [0.25, 0.3) is 0 Å². The maximum Gasteiger partial charge on any atom is 0.308 e. The van der Waals surface area contributed by atoms with Crippen LogP contribution in [0.2, 0.25) is 0 Å². The van der Waals surface area contributed by atoms with Crippen LogP contribution in [0.1, 0.15) is 23.6 Å². The van der Waals surface area contributed by atoms with Crippen LogP contribution in [0.25, 0.3) is 0 Å². The van der Waals surface area contributed by atoms with Gasteiger partial charge in [0.15, 0.2) is 0 Å². The Labute approximate surface area is 165 Å². The second kappa shape index (κ2) is 10.5. The van der Waals surface area contributed by atoms with Crippen LogP contribution in [-0.2, 0) is 27.4 Å². The molecule has 2 aromatic rings. The standard InChI is InChI=1S/C22H27NO5/c1-15-6-4-7-17(10-15)11-19(22(25)26)13-23-21(24)16(2)28-14-18-8-5-9-20(12-18)27-3/h4-10,12,16,19H,11,13-14H2,1-3H3,(H,23,24)(H,25,26). The van der Waals surface area contributed by atoms with Crippen molar-refractivity contribution in [2.75, 3.05) is 13.7 Å². The lowest BCUT2D eigenvalue weighted by atomic mass is 9.98. The number of carbonyl (C=O) groups excluding carboxylic acids is 1. The predicted octanol–water partition coefficient (Wildman–Crippen LogP) is 2.97. The summed E-state index contributed by atoms with van der Waals surface area (Å²) in [6, 6.07) is 15.1. The number of nitrogens with one attached hydrogen (secondary N) is 1. The van der Waals surface area contributed by atoms with Gasteiger partial charge in [0.1, 0.15) is 11.9 Å².